The van der Waals surface area contributed by atoms with Gasteiger partial charge in [0, 0.05) is 32.2 Å². The van der Waals surface area contributed by atoms with Gasteiger partial charge in [-0.3, -0.25) is 9.69 Å². The Bertz CT molecular complexity index is 329. The van der Waals surface area contributed by atoms with E-state index in [4.69, 9.17) is 4.74 Å². The third-order valence-electron chi connectivity index (χ3n) is 5.00. The molecule has 2 atom stereocenters. The second-order valence-corrected chi connectivity index (χ2v) is 5.92. The van der Waals surface area contributed by atoms with Gasteiger partial charge in [0.1, 0.15) is 5.54 Å². The fourth-order valence-electron chi connectivity index (χ4n) is 3.56. The second-order valence-electron chi connectivity index (χ2n) is 5.92. The molecule has 0 bridgehead atoms. The van der Waals surface area contributed by atoms with Crippen molar-refractivity contribution in [2.45, 2.75) is 44.7 Å². The van der Waals surface area contributed by atoms with Gasteiger partial charge in [-0.25, -0.2) is 0 Å². The highest BCUT2D eigenvalue weighted by Gasteiger charge is 2.47. The summed E-state index contributed by atoms with van der Waals surface area (Å²) in [5.41, 5.74) is -0.456. The lowest BCUT2D eigenvalue weighted by Crippen LogP contribution is -2.53. The van der Waals surface area contributed by atoms with E-state index in [2.05, 4.69) is 22.0 Å². The van der Waals surface area contributed by atoms with Crippen LogP contribution in [-0.4, -0.2) is 73.7 Å². The summed E-state index contributed by atoms with van der Waals surface area (Å²) in [5, 5.41) is 3.24. The number of nitrogens with zero attached hydrogens (tertiary/aromatic N) is 2. The van der Waals surface area contributed by atoms with Gasteiger partial charge in [0.25, 0.3) is 0 Å². The predicted octanol–water partition coefficient (Wildman–Crippen LogP) is 0.698. The van der Waals surface area contributed by atoms with E-state index in [1.807, 2.05) is 14.0 Å². The first-order chi connectivity index (χ1) is 9.65. The fourth-order valence-corrected chi connectivity index (χ4v) is 3.56. The van der Waals surface area contributed by atoms with Crippen molar-refractivity contribution in [3.05, 3.63) is 0 Å². The van der Waals surface area contributed by atoms with Crippen molar-refractivity contribution in [2.24, 2.45) is 0 Å². The molecule has 0 aromatic carbocycles. The molecule has 116 valence electrons. The average Bonchev–Trinajstić information content (AvgIpc) is 2.93. The highest BCUT2D eigenvalue weighted by molar-refractivity contribution is 5.81. The highest BCUT2D eigenvalue weighted by Crippen LogP contribution is 2.34. The van der Waals surface area contributed by atoms with E-state index >= 15 is 0 Å². The van der Waals surface area contributed by atoms with Gasteiger partial charge in [0.05, 0.1) is 6.61 Å². The lowest BCUT2D eigenvalue weighted by atomic mass is 9.97. The third kappa shape index (κ3) is 3.15. The van der Waals surface area contributed by atoms with E-state index in [9.17, 15) is 4.79 Å². The van der Waals surface area contributed by atoms with Crippen molar-refractivity contribution in [2.75, 3.05) is 46.4 Å². The van der Waals surface area contributed by atoms with Crippen LogP contribution in [0.1, 0.15) is 33.1 Å². The number of ether oxygens (including phenoxy) is 1. The average molecular weight is 283 g/mol. The van der Waals surface area contributed by atoms with Crippen LogP contribution in [0, 0.1) is 0 Å². The summed E-state index contributed by atoms with van der Waals surface area (Å²) < 4.78 is 5.26. The van der Waals surface area contributed by atoms with E-state index < -0.39 is 5.54 Å². The Morgan fingerprint density at radius 2 is 2.00 bits per heavy atom. The lowest BCUT2D eigenvalue weighted by Gasteiger charge is -2.38. The maximum Gasteiger partial charge on any atom is 0.326 e. The van der Waals surface area contributed by atoms with Gasteiger partial charge in [-0.1, -0.05) is 6.92 Å². The van der Waals surface area contributed by atoms with Crippen molar-refractivity contribution in [3.8, 4) is 0 Å². The first-order valence-electron chi connectivity index (χ1n) is 7.97. The van der Waals surface area contributed by atoms with Gasteiger partial charge >= 0.3 is 5.97 Å². The van der Waals surface area contributed by atoms with Crippen LogP contribution in [0.4, 0.5) is 0 Å². The number of esters is 1. The molecule has 1 aliphatic carbocycles. The molecule has 20 heavy (non-hydrogen) atoms. The molecule has 0 spiro atoms. The van der Waals surface area contributed by atoms with Crippen LogP contribution in [0.15, 0.2) is 0 Å². The Morgan fingerprint density at radius 1 is 1.30 bits per heavy atom. The molecule has 1 aliphatic heterocycles. The van der Waals surface area contributed by atoms with Crippen LogP contribution < -0.4 is 5.32 Å². The molecule has 2 aliphatic rings. The second kappa shape index (κ2) is 6.87. The standard InChI is InChI=1S/C15H29N3O2/c1-4-17-8-10-18(11-9-17)13-6-7-15(12-13,16-3)14(19)20-5-2/h13,16H,4-12H2,1-3H3. The minimum atomic E-state index is -0.456. The maximum atomic E-state index is 12.2. The molecule has 0 radical (unpaired) electrons. The quantitative estimate of drug-likeness (QED) is 0.753. The van der Waals surface area contributed by atoms with Crippen LogP contribution in [0.2, 0.25) is 0 Å². The normalized spacial score (nSPS) is 32.5. The first-order valence-corrected chi connectivity index (χ1v) is 7.97. The minimum absolute atomic E-state index is 0.0720. The number of piperazine rings is 1. The van der Waals surface area contributed by atoms with Gasteiger partial charge in [-0.15, -0.1) is 0 Å². The number of hydrogen-bond acceptors (Lipinski definition) is 5. The monoisotopic (exact) mass is 283 g/mol. The molecule has 0 aromatic heterocycles. The van der Waals surface area contributed by atoms with Gasteiger partial charge in [-0.2, -0.15) is 0 Å². The van der Waals surface area contributed by atoms with E-state index in [0.29, 0.717) is 12.6 Å². The maximum absolute atomic E-state index is 12.2. The van der Waals surface area contributed by atoms with E-state index in [1.165, 1.54) is 0 Å². The number of hydrogen-bond donors (Lipinski definition) is 1. The molecule has 1 saturated carbocycles. The summed E-state index contributed by atoms with van der Waals surface area (Å²) in [4.78, 5) is 17.3. The number of rotatable bonds is 5. The Balaban J connectivity index is 1.92. The Hall–Kier alpha value is -0.650. The van der Waals surface area contributed by atoms with Gasteiger partial charge in [0.2, 0.25) is 0 Å². The van der Waals surface area contributed by atoms with Crippen LogP contribution >= 0.6 is 0 Å². The molecule has 5 nitrogen and oxygen atoms in total. The Labute approximate surface area is 122 Å². The number of carbonyl (C=O) groups excluding carboxylic acids is 1. The molecule has 2 unspecified atom stereocenters. The van der Waals surface area contributed by atoms with E-state index in [-0.39, 0.29) is 5.97 Å². The Morgan fingerprint density at radius 3 is 2.55 bits per heavy atom. The number of nitrogens with one attached hydrogen (secondary N) is 1. The van der Waals surface area contributed by atoms with E-state index in [1.54, 1.807) is 0 Å². The molecular formula is C15H29N3O2. The third-order valence-corrected chi connectivity index (χ3v) is 5.00. The molecule has 2 rings (SSSR count). The summed E-state index contributed by atoms with van der Waals surface area (Å²) in [7, 11) is 1.88. The Kier molecular flexibility index (Phi) is 5.41. The highest BCUT2D eigenvalue weighted by atomic mass is 16.5. The van der Waals surface area contributed by atoms with Gasteiger partial charge < -0.3 is 15.0 Å². The van der Waals surface area contributed by atoms with Crippen molar-refractivity contribution < 1.29 is 9.53 Å². The van der Waals surface area contributed by atoms with Gasteiger partial charge in [0.15, 0.2) is 0 Å². The van der Waals surface area contributed by atoms with Crippen molar-refractivity contribution >= 4 is 5.97 Å². The summed E-state index contributed by atoms with van der Waals surface area (Å²) in [6, 6.07) is 0.519. The number of carbonyl (C=O) groups is 1. The molecule has 1 N–H and O–H groups in total. The molecule has 0 amide bonds. The largest absolute Gasteiger partial charge is 0.465 e. The summed E-state index contributed by atoms with van der Waals surface area (Å²) in [6.45, 7) is 10.2. The molecule has 1 saturated heterocycles. The van der Waals surface area contributed by atoms with E-state index in [0.717, 1.165) is 52.0 Å². The fraction of sp³-hybridized carbons (Fsp3) is 0.933. The van der Waals surface area contributed by atoms with Crippen molar-refractivity contribution in [1.29, 1.82) is 0 Å². The van der Waals surface area contributed by atoms with Crippen molar-refractivity contribution in [3.63, 3.8) is 0 Å². The smallest absolute Gasteiger partial charge is 0.326 e. The molecular weight excluding hydrogens is 254 g/mol. The number of likely N-dealkylation sites (N-methyl/N-ethyl adjacent to an activating group) is 2. The van der Waals surface area contributed by atoms with Crippen LogP contribution in [0.25, 0.3) is 0 Å². The topological polar surface area (TPSA) is 44.8 Å². The minimum Gasteiger partial charge on any atom is -0.465 e. The molecule has 2 fully saturated rings. The molecule has 5 heteroatoms. The lowest BCUT2D eigenvalue weighted by molar-refractivity contribution is -0.151. The van der Waals surface area contributed by atoms with Gasteiger partial charge in [-0.05, 0) is 39.8 Å². The zero-order valence-electron chi connectivity index (χ0n) is 13.2. The zero-order chi connectivity index (χ0) is 14.6. The SMILES string of the molecule is CCOC(=O)C1(NC)CCC(N2CCN(CC)CC2)C1. The summed E-state index contributed by atoms with van der Waals surface area (Å²) >= 11 is 0. The van der Waals surface area contributed by atoms with Crippen LogP contribution in [0.3, 0.4) is 0 Å². The molecule has 1 heterocycles. The van der Waals surface area contributed by atoms with Crippen LogP contribution in [-0.2, 0) is 9.53 Å². The summed E-state index contributed by atoms with van der Waals surface area (Å²) in [5.74, 6) is -0.0720. The van der Waals surface area contributed by atoms with Crippen molar-refractivity contribution in [1.82, 2.24) is 15.1 Å². The zero-order valence-corrected chi connectivity index (χ0v) is 13.2. The molecule has 0 aromatic rings. The van der Waals surface area contributed by atoms with Crippen LogP contribution in [0.5, 0.6) is 0 Å². The first kappa shape index (κ1) is 15.7. The predicted molar refractivity (Wildman–Crippen MR) is 79.7 cm³/mol. The summed E-state index contributed by atoms with van der Waals surface area (Å²) in [6.07, 6.45) is 2.86.